The summed E-state index contributed by atoms with van der Waals surface area (Å²) in [6.07, 6.45) is 1.87. The average molecular weight is 254 g/mol. The highest BCUT2D eigenvalue weighted by Gasteiger charge is 2.05. The van der Waals surface area contributed by atoms with E-state index in [-0.39, 0.29) is 5.97 Å². The highest BCUT2D eigenvalue weighted by Crippen LogP contribution is 2.09. The van der Waals surface area contributed by atoms with Crippen LogP contribution in [0.15, 0.2) is 17.0 Å². The Hall–Kier alpha value is -1.20. The minimum atomic E-state index is -0.275. The zero-order valence-electron chi connectivity index (χ0n) is 10.7. The van der Waals surface area contributed by atoms with Crippen LogP contribution >= 0.6 is 11.3 Å². The van der Waals surface area contributed by atoms with Gasteiger partial charge in [-0.2, -0.15) is 0 Å². The van der Waals surface area contributed by atoms with E-state index in [0.29, 0.717) is 12.1 Å². The molecule has 0 N–H and O–H groups in total. The number of likely N-dealkylation sites (N-methyl/N-ethyl adjacent to an activating group) is 1. The van der Waals surface area contributed by atoms with Gasteiger partial charge in [-0.1, -0.05) is 6.08 Å². The standard InChI is InChI=1S/C12H18N2O2S/c1-9(12(15)16-4)5-6-14(3)7-11-8-17-10(2)13-11/h5,8H,6-7H2,1-4H3. The minimum absolute atomic E-state index is 0.275. The van der Waals surface area contributed by atoms with Crippen molar-refractivity contribution in [3.8, 4) is 0 Å². The summed E-state index contributed by atoms with van der Waals surface area (Å²) in [5.74, 6) is -0.275. The molecule has 0 spiro atoms. The van der Waals surface area contributed by atoms with Crippen LogP contribution in [0.2, 0.25) is 0 Å². The zero-order chi connectivity index (χ0) is 12.8. The molecule has 1 heterocycles. The predicted molar refractivity (Wildman–Crippen MR) is 69.0 cm³/mol. The van der Waals surface area contributed by atoms with Crippen molar-refractivity contribution in [3.05, 3.63) is 27.7 Å². The Morgan fingerprint density at radius 2 is 2.35 bits per heavy atom. The summed E-state index contributed by atoms with van der Waals surface area (Å²) in [6, 6.07) is 0. The molecule has 0 aliphatic heterocycles. The maximum Gasteiger partial charge on any atom is 0.333 e. The number of aromatic nitrogens is 1. The Morgan fingerprint density at radius 1 is 1.65 bits per heavy atom. The summed E-state index contributed by atoms with van der Waals surface area (Å²) >= 11 is 1.65. The van der Waals surface area contributed by atoms with Crippen LogP contribution in [0.4, 0.5) is 0 Å². The van der Waals surface area contributed by atoms with Gasteiger partial charge in [0.15, 0.2) is 0 Å². The number of methoxy groups -OCH3 is 1. The van der Waals surface area contributed by atoms with Gasteiger partial charge < -0.3 is 4.74 Å². The second kappa shape index (κ2) is 6.51. The van der Waals surface area contributed by atoms with Gasteiger partial charge in [0.05, 0.1) is 17.8 Å². The normalized spacial score (nSPS) is 11.9. The Morgan fingerprint density at radius 3 is 2.88 bits per heavy atom. The van der Waals surface area contributed by atoms with Gasteiger partial charge in [0, 0.05) is 24.0 Å². The largest absolute Gasteiger partial charge is 0.466 e. The molecule has 4 nitrogen and oxygen atoms in total. The molecule has 0 saturated carbocycles. The van der Waals surface area contributed by atoms with E-state index in [1.54, 1.807) is 18.3 Å². The molecule has 5 heteroatoms. The first-order valence-electron chi connectivity index (χ1n) is 5.37. The molecule has 94 valence electrons. The third-order valence-corrected chi connectivity index (χ3v) is 3.14. The van der Waals surface area contributed by atoms with Crippen molar-refractivity contribution < 1.29 is 9.53 Å². The molecule has 0 radical (unpaired) electrons. The molecule has 1 rings (SSSR count). The number of aryl methyl sites for hydroxylation is 1. The first kappa shape index (κ1) is 13.9. The van der Waals surface area contributed by atoms with Crippen molar-refractivity contribution in [2.75, 3.05) is 20.7 Å². The van der Waals surface area contributed by atoms with Gasteiger partial charge >= 0.3 is 5.97 Å². The van der Waals surface area contributed by atoms with Gasteiger partial charge in [-0.25, -0.2) is 9.78 Å². The molecule has 0 aliphatic carbocycles. The first-order valence-corrected chi connectivity index (χ1v) is 6.25. The molecule has 0 atom stereocenters. The fourth-order valence-electron chi connectivity index (χ4n) is 1.36. The molecule has 1 aromatic heterocycles. The molecule has 0 unspecified atom stereocenters. The number of rotatable bonds is 5. The summed E-state index contributed by atoms with van der Waals surface area (Å²) in [5.41, 5.74) is 1.70. The Bertz CT molecular complexity index is 412. The summed E-state index contributed by atoms with van der Waals surface area (Å²) in [7, 11) is 3.39. The Kier molecular flexibility index (Phi) is 5.31. The number of carbonyl (C=O) groups excluding carboxylic acids is 1. The van der Waals surface area contributed by atoms with Gasteiger partial charge in [0.2, 0.25) is 0 Å². The van der Waals surface area contributed by atoms with Crippen LogP contribution in [-0.2, 0) is 16.1 Å². The van der Waals surface area contributed by atoms with Gasteiger partial charge in [-0.05, 0) is 20.9 Å². The molecule has 0 aromatic carbocycles. The van der Waals surface area contributed by atoms with Crippen LogP contribution in [-0.4, -0.2) is 36.6 Å². The molecule has 1 aromatic rings. The Balaban J connectivity index is 2.45. The van der Waals surface area contributed by atoms with E-state index < -0.39 is 0 Å². The highest BCUT2D eigenvalue weighted by molar-refractivity contribution is 7.09. The molecule has 0 aliphatic rings. The van der Waals surface area contributed by atoms with E-state index >= 15 is 0 Å². The summed E-state index contributed by atoms with van der Waals surface area (Å²) in [4.78, 5) is 17.7. The van der Waals surface area contributed by atoms with Crippen molar-refractivity contribution >= 4 is 17.3 Å². The fourth-order valence-corrected chi connectivity index (χ4v) is 1.96. The SMILES string of the molecule is COC(=O)C(C)=CCN(C)Cc1csc(C)n1. The van der Waals surface area contributed by atoms with Crippen LogP contribution in [0, 0.1) is 6.92 Å². The number of ether oxygens (including phenoxy) is 1. The van der Waals surface area contributed by atoms with E-state index in [4.69, 9.17) is 0 Å². The van der Waals surface area contributed by atoms with Crippen molar-refractivity contribution in [1.82, 2.24) is 9.88 Å². The average Bonchev–Trinajstić information content (AvgIpc) is 2.70. The van der Waals surface area contributed by atoms with Crippen molar-refractivity contribution in [2.45, 2.75) is 20.4 Å². The number of hydrogen-bond acceptors (Lipinski definition) is 5. The quantitative estimate of drug-likeness (QED) is 0.595. The number of nitrogens with zero attached hydrogens (tertiary/aromatic N) is 2. The summed E-state index contributed by atoms with van der Waals surface area (Å²) in [5, 5.41) is 3.14. The predicted octanol–water partition coefficient (Wildman–Crippen LogP) is 2.00. The first-order chi connectivity index (χ1) is 8.02. The van der Waals surface area contributed by atoms with Crippen molar-refractivity contribution in [3.63, 3.8) is 0 Å². The fraction of sp³-hybridized carbons (Fsp3) is 0.500. The molecule has 17 heavy (non-hydrogen) atoms. The lowest BCUT2D eigenvalue weighted by molar-refractivity contribution is -0.136. The second-order valence-corrected chi connectivity index (χ2v) is 5.00. The maximum absolute atomic E-state index is 11.2. The summed E-state index contributed by atoms with van der Waals surface area (Å²) < 4.78 is 4.63. The Labute approximate surface area is 106 Å². The van der Waals surface area contributed by atoms with Crippen LogP contribution in [0.25, 0.3) is 0 Å². The second-order valence-electron chi connectivity index (χ2n) is 3.93. The van der Waals surface area contributed by atoms with E-state index in [1.807, 2.05) is 20.0 Å². The van der Waals surface area contributed by atoms with Gasteiger partial charge in [-0.15, -0.1) is 11.3 Å². The molecular weight excluding hydrogens is 236 g/mol. The van der Waals surface area contributed by atoms with Crippen molar-refractivity contribution in [2.24, 2.45) is 0 Å². The van der Waals surface area contributed by atoms with Crippen LogP contribution < -0.4 is 0 Å². The van der Waals surface area contributed by atoms with Gasteiger partial charge in [-0.3, -0.25) is 4.90 Å². The number of esters is 1. The minimum Gasteiger partial charge on any atom is -0.466 e. The monoisotopic (exact) mass is 254 g/mol. The maximum atomic E-state index is 11.2. The molecule has 0 saturated heterocycles. The van der Waals surface area contributed by atoms with Crippen molar-refractivity contribution in [1.29, 1.82) is 0 Å². The van der Waals surface area contributed by atoms with Gasteiger partial charge in [0.25, 0.3) is 0 Å². The summed E-state index contributed by atoms with van der Waals surface area (Å²) in [6.45, 7) is 5.24. The number of hydrogen-bond donors (Lipinski definition) is 0. The molecular formula is C12H18N2O2S. The highest BCUT2D eigenvalue weighted by atomic mass is 32.1. The number of thiazole rings is 1. The third-order valence-electron chi connectivity index (χ3n) is 2.32. The molecule has 0 fully saturated rings. The third kappa shape index (κ3) is 4.66. The van der Waals surface area contributed by atoms with E-state index in [9.17, 15) is 4.79 Å². The molecule has 0 bridgehead atoms. The zero-order valence-corrected chi connectivity index (χ0v) is 11.5. The number of carbonyl (C=O) groups is 1. The lowest BCUT2D eigenvalue weighted by Gasteiger charge is -2.12. The van der Waals surface area contributed by atoms with E-state index in [0.717, 1.165) is 17.2 Å². The topological polar surface area (TPSA) is 42.4 Å². The van der Waals surface area contributed by atoms with Gasteiger partial charge in [0.1, 0.15) is 0 Å². The van der Waals surface area contributed by atoms with Crippen LogP contribution in [0.3, 0.4) is 0 Å². The lowest BCUT2D eigenvalue weighted by atomic mass is 10.3. The van der Waals surface area contributed by atoms with E-state index in [2.05, 4.69) is 20.0 Å². The lowest BCUT2D eigenvalue weighted by Crippen LogP contribution is -2.18. The van der Waals surface area contributed by atoms with E-state index in [1.165, 1.54) is 7.11 Å². The van der Waals surface area contributed by atoms with Crippen LogP contribution in [0.1, 0.15) is 17.6 Å². The molecule has 0 amide bonds. The smallest absolute Gasteiger partial charge is 0.333 e. The van der Waals surface area contributed by atoms with Crippen LogP contribution in [0.5, 0.6) is 0 Å².